The summed E-state index contributed by atoms with van der Waals surface area (Å²) in [6, 6.07) is 15.6. The van der Waals surface area contributed by atoms with Crippen molar-refractivity contribution in [3.8, 4) is 39.0 Å². The quantitative estimate of drug-likeness (QED) is 0.0692. The van der Waals surface area contributed by atoms with Gasteiger partial charge in [0.25, 0.3) is 5.91 Å². The molecule has 0 radical (unpaired) electrons. The first-order valence-corrected chi connectivity index (χ1v) is 27.0. The normalized spacial score (nSPS) is 19.9. The minimum absolute atomic E-state index is 0.0525. The molecule has 73 heavy (non-hydrogen) atoms. The topological polar surface area (TPSA) is 198 Å². The number of alkyl halides is 1. The van der Waals surface area contributed by atoms with E-state index in [1.165, 1.54) is 4.90 Å². The Bertz CT molecular complexity index is 2940. The number of aryl methyl sites for hydroxylation is 4. The van der Waals surface area contributed by atoms with Crippen molar-refractivity contribution in [3.63, 3.8) is 0 Å². The van der Waals surface area contributed by atoms with Crippen molar-refractivity contribution in [2.24, 2.45) is 25.9 Å². The summed E-state index contributed by atoms with van der Waals surface area (Å²) < 4.78 is 26.7. The van der Waals surface area contributed by atoms with Crippen molar-refractivity contribution in [3.05, 3.63) is 107 Å². The van der Waals surface area contributed by atoms with E-state index in [9.17, 15) is 24.8 Å². The molecule has 1 aliphatic heterocycles. The average molecular weight is 1030 g/mol. The molecule has 3 aliphatic rings. The number of halogens is 1. The van der Waals surface area contributed by atoms with Crippen molar-refractivity contribution < 1.29 is 28.6 Å². The number of nitrogens with one attached hydrogen (secondary N) is 2. The van der Waals surface area contributed by atoms with Gasteiger partial charge in [-0.2, -0.15) is 27.2 Å². The van der Waals surface area contributed by atoms with E-state index in [1.807, 2.05) is 114 Å². The Labute approximate surface area is 433 Å². The Kier molecular flexibility index (Phi) is 15.7. The number of thiazole rings is 1. The van der Waals surface area contributed by atoms with Gasteiger partial charge in [-0.15, -0.1) is 11.3 Å². The number of carbonyl (C=O) groups excluding carboxylic acids is 3. The first kappa shape index (κ1) is 51.7. The zero-order valence-electron chi connectivity index (χ0n) is 42.1. The maximum absolute atomic E-state index is 15.3. The molecule has 1 saturated heterocycles. The largest absolute Gasteiger partial charge is 0.391 e. The number of ether oxygens (including phenoxy) is 1. The molecule has 4 aromatic heterocycles. The molecular formula is C54H64FN11O5S2. The van der Waals surface area contributed by atoms with Crippen molar-refractivity contribution in [1.82, 2.24) is 49.6 Å². The second-order valence-electron chi connectivity index (χ2n) is 20.5. The minimum Gasteiger partial charge on any atom is -0.391 e. The molecule has 19 heteroatoms. The molecule has 384 valence electrons. The second-order valence-corrected chi connectivity index (χ2v) is 23.0. The van der Waals surface area contributed by atoms with Crippen LogP contribution in [0.5, 0.6) is 0 Å². The van der Waals surface area contributed by atoms with E-state index in [2.05, 4.69) is 36.5 Å². The van der Waals surface area contributed by atoms with Gasteiger partial charge in [-0.05, 0) is 112 Å². The Morgan fingerprint density at radius 3 is 2.32 bits per heavy atom. The van der Waals surface area contributed by atoms with E-state index < -0.39 is 46.3 Å². The highest BCUT2D eigenvalue weighted by atomic mass is 32.2. The lowest BCUT2D eigenvalue weighted by Gasteiger charge is -2.38. The molecule has 2 aliphatic carbocycles. The molecule has 3 fully saturated rings. The van der Waals surface area contributed by atoms with Gasteiger partial charge in [0.05, 0.1) is 57.6 Å². The molecule has 2 saturated carbocycles. The molecule has 3 amide bonds. The zero-order valence-corrected chi connectivity index (χ0v) is 43.7. The Hall–Kier alpha value is -6.20. The number of benzene rings is 2. The molecule has 1 unspecified atom stereocenters. The third-order valence-electron chi connectivity index (χ3n) is 14.5. The van der Waals surface area contributed by atoms with Gasteiger partial charge in [-0.3, -0.25) is 23.7 Å². The highest BCUT2D eigenvalue weighted by Gasteiger charge is 2.54. The number of carbonyl (C=O) groups is 3. The summed E-state index contributed by atoms with van der Waals surface area (Å²) in [7, 11) is 3.79. The van der Waals surface area contributed by atoms with Gasteiger partial charge in [0, 0.05) is 75.0 Å². The number of hydrogen-bond donors (Lipinski definition) is 3. The second kappa shape index (κ2) is 22.1. The minimum atomic E-state index is -2.01. The molecule has 9 rings (SSSR count). The third-order valence-corrected chi connectivity index (χ3v) is 17.1. The van der Waals surface area contributed by atoms with Crippen LogP contribution in [-0.2, 0) is 59.3 Å². The first-order chi connectivity index (χ1) is 35.1. The van der Waals surface area contributed by atoms with E-state index in [0.29, 0.717) is 37.2 Å². The van der Waals surface area contributed by atoms with Gasteiger partial charge < -0.3 is 29.9 Å². The average Bonchev–Trinajstić information content (AvgIpc) is 3.97. The highest BCUT2D eigenvalue weighted by molar-refractivity contribution is 8.00. The lowest BCUT2D eigenvalue weighted by atomic mass is 9.83. The standard InChI is InChI=1S/C54H64FN11O5S2/c1-34-48(72-33-58-34)41-16-12-36(13-17-41)24-57-50(68)44-22-43(67)29-66(44)51(69)49(62-52(70)54(55)19-20-54)53(2,3)73-32-38-8-6-37(7-9-38)30-71-31-45-61-46(42-26-60-64(5)28-42)47(40-14-10-35(23-56)11-15-40)65(45)21-18-39-25-59-63(4)27-39/h10-17,25-28,33,37-38,43-44,49,67H,6-9,18-22,24,29-32H2,1-5H3,(H,57,68)(H,62,70)/t37?,38?,43-,44+,49?/m1/s1. The summed E-state index contributed by atoms with van der Waals surface area (Å²) >= 11 is 3.15. The third kappa shape index (κ3) is 12.1. The van der Waals surface area contributed by atoms with E-state index in [1.54, 1.807) is 32.5 Å². The van der Waals surface area contributed by atoms with Gasteiger partial charge in [0.1, 0.15) is 24.5 Å². The zero-order chi connectivity index (χ0) is 51.4. The van der Waals surface area contributed by atoms with Gasteiger partial charge in [0.15, 0.2) is 5.67 Å². The Morgan fingerprint density at radius 2 is 1.67 bits per heavy atom. The number of thioether (sulfide) groups is 1. The molecule has 3 atom stereocenters. The van der Waals surface area contributed by atoms with Crippen LogP contribution in [0.1, 0.15) is 87.0 Å². The highest BCUT2D eigenvalue weighted by Crippen LogP contribution is 2.42. The monoisotopic (exact) mass is 1030 g/mol. The molecule has 2 aromatic carbocycles. The van der Waals surface area contributed by atoms with Gasteiger partial charge in [-0.25, -0.2) is 14.4 Å². The number of nitrogens with zero attached hydrogens (tertiary/aromatic N) is 9. The molecule has 6 aromatic rings. The number of aromatic nitrogens is 7. The summed E-state index contributed by atoms with van der Waals surface area (Å²) in [5, 5.41) is 34.9. The molecular weight excluding hydrogens is 966 g/mol. The predicted octanol–water partition coefficient (Wildman–Crippen LogP) is 7.33. The SMILES string of the molecule is Cc1ncsc1-c1ccc(CNC(=O)[C@@H]2C[C@@H](O)CN2C(=O)C(NC(=O)C2(F)CC2)C(C)(C)SCC2CCC(COCc3nc(-c4cnn(C)c4)c(-c4ccc(C#N)cc4)n3CCc3cnn(C)c3)CC2)cc1. The van der Waals surface area contributed by atoms with Crippen molar-refractivity contribution in [1.29, 1.82) is 5.26 Å². The fraction of sp³-hybridized carbons (Fsp3) is 0.481. The van der Waals surface area contributed by atoms with Crippen LogP contribution in [-0.4, -0.2) is 109 Å². The maximum atomic E-state index is 15.3. The van der Waals surface area contributed by atoms with Gasteiger partial charge in [-0.1, -0.05) is 36.4 Å². The summed E-state index contributed by atoms with van der Waals surface area (Å²) in [5.41, 5.74) is 7.90. The summed E-state index contributed by atoms with van der Waals surface area (Å²) in [6.07, 6.45) is 11.5. The fourth-order valence-electron chi connectivity index (χ4n) is 9.99. The summed E-state index contributed by atoms with van der Waals surface area (Å²) in [5.74, 6) is 0.482. The van der Waals surface area contributed by atoms with Gasteiger partial charge >= 0.3 is 0 Å². The summed E-state index contributed by atoms with van der Waals surface area (Å²) in [6.45, 7) is 7.42. The first-order valence-electron chi connectivity index (χ1n) is 25.1. The number of nitriles is 1. The Balaban J connectivity index is 0.820. The molecule has 0 spiro atoms. The maximum Gasteiger partial charge on any atom is 0.258 e. The molecule has 3 N–H and O–H groups in total. The van der Waals surface area contributed by atoms with Crippen LogP contribution in [0.25, 0.3) is 33.0 Å². The number of hydrogen-bond acceptors (Lipinski definition) is 12. The van der Waals surface area contributed by atoms with E-state index in [0.717, 1.165) is 93.5 Å². The van der Waals surface area contributed by atoms with E-state index in [-0.39, 0.29) is 32.4 Å². The number of β-amino-alcohol motifs (C(OH)–C–C–N with tert-alkyl or cyclic N) is 1. The van der Waals surface area contributed by atoms with Crippen molar-refractivity contribution >= 4 is 40.8 Å². The number of aliphatic hydroxyl groups is 1. The lowest BCUT2D eigenvalue weighted by molar-refractivity contribution is -0.143. The number of rotatable bonds is 20. The smallest absolute Gasteiger partial charge is 0.258 e. The van der Waals surface area contributed by atoms with Crippen molar-refractivity contribution in [2.45, 2.75) is 120 Å². The predicted molar refractivity (Wildman–Crippen MR) is 278 cm³/mol. The van der Waals surface area contributed by atoms with E-state index >= 15 is 4.39 Å². The number of imidazole rings is 1. The summed E-state index contributed by atoms with van der Waals surface area (Å²) in [4.78, 5) is 53.7. The molecule has 16 nitrogen and oxygen atoms in total. The Morgan fingerprint density at radius 1 is 0.973 bits per heavy atom. The number of likely N-dealkylation sites (tertiary alicyclic amines) is 1. The van der Waals surface area contributed by atoms with Crippen LogP contribution in [0.4, 0.5) is 4.39 Å². The van der Waals surface area contributed by atoms with E-state index in [4.69, 9.17) is 9.72 Å². The fourth-order valence-corrected chi connectivity index (χ4v) is 12.1. The number of amides is 3. The number of aliphatic hydroxyl groups excluding tert-OH is 1. The molecule has 5 heterocycles. The van der Waals surface area contributed by atoms with Crippen molar-refractivity contribution in [2.75, 3.05) is 18.9 Å². The van der Waals surface area contributed by atoms with Crippen LogP contribution in [0, 0.1) is 30.1 Å². The lowest BCUT2D eigenvalue weighted by Crippen LogP contribution is -2.61. The van der Waals surface area contributed by atoms with Crippen LogP contribution in [0.2, 0.25) is 0 Å². The van der Waals surface area contributed by atoms with Crippen LogP contribution >= 0.6 is 23.1 Å². The van der Waals surface area contributed by atoms with Crippen LogP contribution < -0.4 is 10.6 Å². The molecule has 0 bridgehead atoms. The van der Waals surface area contributed by atoms with Gasteiger partial charge in [0.2, 0.25) is 11.8 Å². The van der Waals surface area contributed by atoms with Crippen LogP contribution in [0.3, 0.4) is 0 Å². The van der Waals surface area contributed by atoms with Crippen LogP contribution in [0.15, 0.2) is 78.8 Å².